The van der Waals surface area contributed by atoms with Crippen LogP contribution < -0.4 is 16.8 Å². The van der Waals surface area contributed by atoms with Crippen molar-refractivity contribution in [2.45, 2.75) is 6.92 Å². The number of aromatic hydroxyl groups is 1. The first-order valence-electron chi connectivity index (χ1n) is 8.68. The van der Waals surface area contributed by atoms with E-state index in [1.165, 1.54) is 5.56 Å². The van der Waals surface area contributed by atoms with Crippen LogP contribution >= 0.6 is 0 Å². The first-order valence-corrected chi connectivity index (χ1v) is 8.68. The minimum atomic E-state index is 0.299. The molecular weight excluding hydrogens is 334 g/mol. The summed E-state index contributed by atoms with van der Waals surface area (Å²) in [6.45, 7) is 2.07. The highest BCUT2D eigenvalue weighted by Gasteiger charge is 1.97. The maximum atomic E-state index is 9.42. The van der Waals surface area contributed by atoms with Gasteiger partial charge in [0.1, 0.15) is 5.75 Å². The van der Waals surface area contributed by atoms with Crippen LogP contribution in [-0.2, 0) is 0 Å². The Morgan fingerprint density at radius 3 is 2.11 bits per heavy atom. The van der Waals surface area contributed by atoms with Gasteiger partial charge in [-0.2, -0.15) is 0 Å². The van der Waals surface area contributed by atoms with Crippen LogP contribution in [0.2, 0.25) is 0 Å². The topological polar surface area (TPSA) is 84.3 Å². The summed E-state index contributed by atoms with van der Waals surface area (Å²) < 4.78 is 0. The van der Waals surface area contributed by atoms with Crippen LogP contribution in [0.5, 0.6) is 5.75 Å². The van der Waals surface area contributed by atoms with E-state index in [-0.39, 0.29) is 0 Å². The first kappa shape index (κ1) is 18.1. The molecule has 0 aromatic heterocycles. The van der Waals surface area contributed by atoms with Gasteiger partial charge in [-0.25, -0.2) is 0 Å². The van der Waals surface area contributed by atoms with E-state index in [9.17, 15) is 5.11 Å². The average molecular weight is 357 g/mol. The molecule has 0 saturated carbocycles. The van der Waals surface area contributed by atoms with Crippen molar-refractivity contribution in [3.8, 4) is 5.75 Å². The fourth-order valence-corrected chi connectivity index (χ4v) is 2.79. The molecule has 4 aromatic carbocycles. The lowest BCUT2D eigenvalue weighted by atomic mass is 10.1. The Morgan fingerprint density at radius 1 is 0.704 bits per heavy atom. The van der Waals surface area contributed by atoms with E-state index >= 15 is 0 Å². The Labute approximate surface area is 159 Å². The Bertz CT molecular complexity index is 1020. The lowest BCUT2D eigenvalue weighted by Crippen LogP contribution is -1.92. The molecule has 0 fully saturated rings. The minimum Gasteiger partial charge on any atom is -0.507 e. The molecule has 0 bridgehead atoms. The van der Waals surface area contributed by atoms with Crippen LogP contribution in [0.15, 0.2) is 84.9 Å². The number of phenolic OH excluding ortho intramolecular Hbond substituents is 1. The Balaban J connectivity index is 0.000000159. The van der Waals surface area contributed by atoms with Crippen molar-refractivity contribution in [2.75, 3.05) is 16.8 Å². The van der Waals surface area contributed by atoms with E-state index in [1.54, 1.807) is 18.2 Å². The van der Waals surface area contributed by atoms with Crippen LogP contribution in [0.1, 0.15) is 5.56 Å². The molecule has 0 aliphatic heterocycles. The zero-order chi connectivity index (χ0) is 19.2. The molecule has 0 spiro atoms. The summed E-state index contributed by atoms with van der Waals surface area (Å²) in [5, 5.41) is 14.5. The largest absolute Gasteiger partial charge is 0.507 e. The second kappa shape index (κ2) is 8.15. The van der Waals surface area contributed by atoms with Gasteiger partial charge in [0.25, 0.3) is 0 Å². The number of nitrogens with two attached hydrogens (primary N) is 2. The van der Waals surface area contributed by atoms with Crippen LogP contribution in [0.25, 0.3) is 10.8 Å². The number of anilines is 4. The van der Waals surface area contributed by atoms with Gasteiger partial charge in [0.15, 0.2) is 0 Å². The molecule has 0 aliphatic carbocycles. The average Bonchev–Trinajstić information content (AvgIpc) is 2.62. The van der Waals surface area contributed by atoms with Crippen molar-refractivity contribution in [1.82, 2.24) is 0 Å². The zero-order valence-corrected chi connectivity index (χ0v) is 15.2. The maximum Gasteiger partial charge on any atom is 0.123 e. The van der Waals surface area contributed by atoms with Gasteiger partial charge in [-0.15, -0.1) is 0 Å². The molecular formula is C23H23N3O. The molecule has 0 saturated heterocycles. The molecule has 27 heavy (non-hydrogen) atoms. The van der Waals surface area contributed by atoms with Crippen molar-refractivity contribution in [3.05, 3.63) is 90.5 Å². The number of aryl methyl sites for hydroxylation is 1. The van der Waals surface area contributed by atoms with Crippen LogP contribution in [0.4, 0.5) is 22.7 Å². The number of nitrogens with one attached hydrogen (secondary N) is 1. The lowest BCUT2D eigenvalue weighted by molar-refractivity contribution is 0.481. The summed E-state index contributed by atoms with van der Waals surface area (Å²) in [6, 6.07) is 26.8. The van der Waals surface area contributed by atoms with Gasteiger partial charge >= 0.3 is 0 Å². The summed E-state index contributed by atoms with van der Waals surface area (Å²) >= 11 is 0. The smallest absolute Gasteiger partial charge is 0.123 e. The number of hydrogen-bond acceptors (Lipinski definition) is 4. The van der Waals surface area contributed by atoms with Crippen LogP contribution in [0, 0.1) is 6.92 Å². The highest BCUT2D eigenvalue weighted by molar-refractivity contribution is 5.90. The molecule has 0 atom stereocenters. The monoisotopic (exact) mass is 357 g/mol. The predicted octanol–water partition coefficient (Wildman–Crippen LogP) is 5.45. The fraction of sp³-hybridized carbons (Fsp3) is 0.0435. The normalized spacial score (nSPS) is 10.1. The standard InChI is InChI=1S/C13H14N2.C10H9NO/c1-10-4-2-6-12(8-10)15-13-7-3-5-11(14)9-13;11-8-4-5-9-7(6-8)2-1-3-10(9)12/h2-9,15H,14H2,1H3;1-6,12H,11H2. The predicted molar refractivity (Wildman–Crippen MR) is 115 cm³/mol. The number of fused-ring (bicyclic) bond motifs is 1. The quantitative estimate of drug-likeness (QED) is 0.360. The summed E-state index contributed by atoms with van der Waals surface area (Å²) in [5.41, 5.74) is 16.1. The molecule has 0 radical (unpaired) electrons. The van der Waals surface area contributed by atoms with Gasteiger partial charge in [-0.05, 0) is 72.5 Å². The van der Waals surface area contributed by atoms with Crippen molar-refractivity contribution in [2.24, 2.45) is 0 Å². The van der Waals surface area contributed by atoms with Crippen molar-refractivity contribution < 1.29 is 5.11 Å². The van der Waals surface area contributed by atoms with Gasteiger partial charge in [0, 0.05) is 28.1 Å². The molecule has 4 rings (SSSR count). The van der Waals surface area contributed by atoms with E-state index in [2.05, 4.69) is 24.4 Å². The second-order valence-electron chi connectivity index (χ2n) is 6.38. The number of hydrogen-bond donors (Lipinski definition) is 4. The van der Waals surface area contributed by atoms with Crippen molar-refractivity contribution in [1.29, 1.82) is 0 Å². The third kappa shape index (κ3) is 4.92. The van der Waals surface area contributed by atoms with Crippen molar-refractivity contribution in [3.63, 3.8) is 0 Å². The Morgan fingerprint density at radius 2 is 1.37 bits per heavy atom. The Kier molecular flexibility index (Phi) is 5.47. The molecule has 0 amide bonds. The molecule has 136 valence electrons. The van der Waals surface area contributed by atoms with Gasteiger partial charge in [0.05, 0.1) is 0 Å². The lowest BCUT2D eigenvalue weighted by Gasteiger charge is -2.07. The van der Waals surface area contributed by atoms with Gasteiger partial charge in [-0.3, -0.25) is 0 Å². The second-order valence-corrected chi connectivity index (χ2v) is 6.38. The molecule has 4 heteroatoms. The summed E-state index contributed by atoms with van der Waals surface area (Å²) in [5.74, 6) is 0.299. The van der Waals surface area contributed by atoms with Crippen molar-refractivity contribution >= 4 is 33.5 Å². The number of benzene rings is 4. The maximum absolute atomic E-state index is 9.42. The number of phenols is 1. The molecule has 0 heterocycles. The highest BCUT2D eigenvalue weighted by Crippen LogP contribution is 2.25. The van der Waals surface area contributed by atoms with Crippen LogP contribution in [-0.4, -0.2) is 5.11 Å². The van der Waals surface area contributed by atoms with E-state index < -0.39 is 0 Å². The van der Waals surface area contributed by atoms with E-state index in [0.29, 0.717) is 11.4 Å². The van der Waals surface area contributed by atoms with E-state index in [0.717, 1.165) is 27.8 Å². The molecule has 6 N–H and O–H groups in total. The number of nitrogen functional groups attached to an aromatic ring is 2. The minimum absolute atomic E-state index is 0.299. The summed E-state index contributed by atoms with van der Waals surface area (Å²) in [6.07, 6.45) is 0. The van der Waals surface area contributed by atoms with E-state index in [4.69, 9.17) is 11.5 Å². The fourth-order valence-electron chi connectivity index (χ4n) is 2.79. The molecule has 0 unspecified atom stereocenters. The summed E-state index contributed by atoms with van der Waals surface area (Å²) in [7, 11) is 0. The Hall–Kier alpha value is -3.66. The van der Waals surface area contributed by atoms with Gasteiger partial charge in [-0.1, -0.05) is 30.3 Å². The number of rotatable bonds is 2. The van der Waals surface area contributed by atoms with E-state index in [1.807, 2.05) is 54.6 Å². The SMILES string of the molecule is Cc1cccc(Nc2cccc(N)c2)c1.Nc1ccc2c(O)cccc2c1. The van der Waals surface area contributed by atoms with Crippen LogP contribution in [0.3, 0.4) is 0 Å². The van der Waals surface area contributed by atoms with Gasteiger partial charge < -0.3 is 21.9 Å². The molecule has 4 aromatic rings. The third-order valence-electron chi connectivity index (χ3n) is 4.07. The first-order chi connectivity index (χ1) is 13.0. The highest BCUT2D eigenvalue weighted by atomic mass is 16.3. The molecule has 0 aliphatic rings. The zero-order valence-electron chi connectivity index (χ0n) is 15.2. The molecule has 4 nitrogen and oxygen atoms in total. The summed E-state index contributed by atoms with van der Waals surface area (Å²) in [4.78, 5) is 0. The van der Waals surface area contributed by atoms with Gasteiger partial charge in [0.2, 0.25) is 0 Å². The third-order valence-corrected chi connectivity index (χ3v) is 4.07.